The maximum Gasteiger partial charge on any atom is 0.573 e. The number of hydrogen-bond donors (Lipinski definition) is 1. The lowest BCUT2D eigenvalue weighted by atomic mass is 10.0. The Kier molecular flexibility index (Phi) is 3.52. The third kappa shape index (κ3) is 2.98. The molecule has 0 unspecified atom stereocenters. The molecule has 0 heterocycles. The Morgan fingerprint density at radius 2 is 1.50 bits per heavy atom. The van der Waals surface area contributed by atoms with Crippen LogP contribution in [0.5, 0.6) is 5.75 Å². The summed E-state index contributed by atoms with van der Waals surface area (Å²) in [5, 5.41) is 0. The number of nitrogen functional groups attached to an aromatic ring is 1. The van der Waals surface area contributed by atoms with Gasteiger partial charge in [-0.2, -0.15) is 0 Å². The Morgan fingerprint density at radius 3 is 2.15 bits per heavy atom. The monoisotopic (exact) mass is 289 g/mol. The van der Waals surface area contributed by atoms with Gasteiger partial charge in [-0.1, -0.05) is 18.2 Å². The Labute approximate surface area is 110 Å². The van der Waals surface area contributed by atoms with Gasteiger partial charge in [-0.05, 0) is 12.1 Å². The first-order chi connectivity index (χ1) is 9.28. The Bertz CT molecular complexity index is 639. The lowest BCUT2D eigenvalue weighted by Gasteiger charge is -2.14. The second-order valence-corrected chi connectivity index (χ2v) is 3.90. The number of rotatable bonds is 2. The van der Waals surface area contributed by atoms with Crippen LogP contribution in [-0.2, 0) is 0 Å². The molecule has 0 spiro atoms. The smallest absolute Gasteiger partial charge is 0.405 e. The maximum atomic E-state index is 13.2. The zero-order valence-electron chi connectivity index (χ0n) is 9.84. The van der Waals surface area contributed by atoms with Gasteiger partial charge >= 0.3 is 6.36 Å². The highest BCUT2D eigenvalue weighted by molar-refractivity contribution is 5.80. The van der Waals surface area contributed by atoms with Crippen LogP contribution < -0.4 is 10.5 Å². The van der Waals surface area contributed by atoms with E-state index >= 15 is 0 Å². The fraction of sp³-hybridized carbons (Fsp3) is 0.0769. The highest BCUT2D eigenvalue weighted by Crippen LogP contribution is 2.37. The van der Waals surface area contributed by atoms with Crippen LogP contribution in [0.2, 0.25) is 0 Å². The Balaban J connectivity index is 2.56. The molecule has 0 atom stereocenters. The Hall–Kier alpha value is -2.31. The second-order valence-electron chi connectivity index (χ2n) is 3.90. The van der Waals surface area contributed by atoms with Gasteiger partial charge in [0.1, 0.15) is 5.75 Å². The molecule has 0 aliphatic carbocycles. The largest absolute Gasteiger partial charge is 0.573 e. The van der Waals surface area contributed by atoms with Gasteiger partial charge in [0.15, 0.2) is 11.6 Å². The van der Waals surface area contributed by atoms with Gasteiger partial charge in [-0.3, -0.25) is 0 Å². The SMILES string of the molecule is Nc1cc(F)c(F)cc1-c1ccccc1OC(F)(F)F. The van der Waals surface area contributed by atoms with E-state index in [0.29, 0.717) is 6.07 Å². The first-order valence-electron chi connectivity index (χ1n) is 5.37. The van der Waals surface area contributed by atoms with Gasteiger partial charge in [0.25, 0.3) is 0 Å². The fourth-order valence-corrected chi connectivity index (χ4v) is 1.70. The van der Waals surface area contributed by atoms with Crippen LogP contribution in [0.1, 0.15) is 0 Å². The average Bonchev–Trinajstić information content (AvgIpc) is 2.33. The molecule has 7 heteroatoms. The van der Waals surface area contributed by atoms with E-state index in [2.05, 4.69) is 4.74 Å². The summed E-state index contributed by atoms with van der Waals surface area (Å²) in [7, 11) is 0. The number of halogens is 5. The maximum absolute atomic E-state index is 13.2. The molecule has 0 bridgehead atoms. The molecule has 0 radical (unpaired) electrons. The predicted molar refractivity (Wildman–Crippen MR) is 62.9 cm³/mol. The standard InChI is InChI=1S/C13H8F5NO/c14-9-5-8(11(19)6-10(9)15)7-3-1-2-4-12(7)20-13(16,17)18/h1-6H,19H2. The van der Waals surface area contributed by atoms with Crippen molar-refractivity contribution >= 4 is 5.69 Å². The molecular weight excluding hydrogens is 281 g/mol. The predicted octanol–water partition coefficient (Wildman–Crippen LogP) is 4.11. The number of hydrogen-bond acceptors (Lipinski definition) is 2. The normalized spacial score (nSPS) is 11.4. The van der Waals surface area contributed by atoms with Crippen molar-refractivity contribution in [2.75, 3.05) is 5.73 Å². The molecule has 2 nitrogen and oxygen atoms in total. The summed E-state index contributed by atoms with van der Waals surface area (Å²) in [4.78, 5) is 0. The summed E-state index contributed by atoms with van der Waals surface area (Å²) < 4.78 is 66.9. The van der Waals surface area contributed by atoms with E-state index < -0.39 is 23.7 Å². The van der Waals surface area contributed by atoms with Crippen LogP contribution in [0.3, 0.4) is 0 Å². The third-order valence-corrected chi connectivity index (χ3v) is 2.50. The quantitative estimate of drug-likeness (QED) is 0.667. The number of benzene rings is 2. The number of ether oxygens (including phenoxy) is 1. The molecule has 2 N–H and O–H groups in total. The topological polar surface area (TPSA) is 35.2 Å². The first-order valence-corrected chi connectivity index (χ1v) is 5.37. The van der Waals surface area contributed by atoms with Gasteiger partial charge in [0.05, 0.1) is 0 Å². The molecule has 0 amide bonds. The first kappa shape index (κ1) is 14.1. The van der Waals surface area contributed by atoms with Crippen molar-refractivity contribution in [1.29, 1.82) is 0 Å². The van der Waals surface area contributed by atoms with Crippen molar-refractivity contribution in [1.82, 2.24) is 0 Å². The van der Waals surface area contributed by atoms with Gasteiger partial charge in [-0.25, -0.2) is 8.78 Å². The van der Waals surface area contributed by atoms with Crippen LogP contribution in [0.25, 0.3) is 11.1 Å². The zero-order valence-corrected chi connectivity index (χ0v) is 9.84. The van der Waals surface area contributed by atoms with Crippen molar-refractivity contribution in [2.45, 2.75) is 6.36 Å². The lowest BCUT2D eigenvalue weighted by molar-refractivity contribution is -0.274. The third-order valence-electron chi connectivity index (χ3n) is 2.50. The van der Waals surface area contributed by atoms with Crippen LogP contribution in [0, 0.1) is 11.6 Å². The molecule has 2 aromatic rings. The van der Waals surface area contributed by atoms with Gasteiger partial charge in [0.2, 0.25) is 0 Å². The lowest BCUT2D eigenvalue weighted by Crippen LogP contribution is -2.17. The number of anilines is 1. The molecule has 2 rings (SSSR count). The molecular formula is C13H8F5NO. The van der Waals surface area contributed by atoms with Gasteiger partial charge in [-0.15, -0.1) is 13.2 Å². The molecule has 0 aliphatic rings. The van der Waals surface area contributed by atoms with Gasteiger partial charge < -0.3 is 10.5 Å². The highest BCUT2D eigenvalue weighted by atomic mass is 19.4. The van der Waals surface area contributed by atoms with Crippen molar-refractivity contribution in [2.24, 2.45) is 0 Å². The fourth-order valence-electron chi connectivity index (χ4n) is 1.70. The van der Waals surface area contributed by atoms with E-state index in [1.165, 1.54) is 18.2 Å². The van der Waals surface area contributed by atoms with Crippen LogP contribution >= 0.6 is 0 Å². The van der Waals surface area contributed by atoms with Crippen LogP contribution in [0.4, 0.5) is 27.6 Å². The summed E-state index contributed by atoms with van der Waals surface area (Å²) in [5.41, 5.74) is 5.16. The number of alkyl halides is 3. The average molecular weight is 289 g/mol. The van der Waals surface area contributed by atoms with Gasteiger partial charge in [0, 0.05) is 22.9 Å². The molecule has 0 fully saturated rings. The summed E-state index contributed by atoms with van der Waals surface area (Å²) in [5.74, 6) is -2.94. The zero-order chi connectivity index (χ0) is 14.9. The molecule has 0 saturated carbocycles. The second kappa shape index (κ2) is 4.99. The number of para-hydroxylation sites is 1. The van der Waals surface area contributed by atoms with Crippen molar-refractivity contribution in [3.8, 4) is 16.9 Å². The van der Waals surface area contributed by atoms with E-state index in [0.717, 1.165) is 12.1 Å². The number of nitrogens with two attached hydrogens (primary N) is 1. The molecule has 20 heavy (non-hydrogen) atoms. The van der Waals surface area contributed by atoms with E-state index in [1.54, 1.807) is 0 Å². The van der Waals surface area contributed by atoms with E-state index in [-0.39, 0.29) is 16.8 Å². The summed E-state index contributed by atoms with van der Waals surface area (Å²) in [6.07, 6.45) is -4.90. The van der Waals surface area contributed by atoms with E-state index in [9.17, 15) is 22.0 Å². The molecule has 2 aromatic carbocycles. The summed E-state index contributed by atoms with van der Waals surface area (Å²) >= 11 is 0. The van der Waals surface area contributed by atoms with E-state index in [4.69, 9.17) is 5.73 Å². The highest BCUT2D eigenvalue weighted by Gasteiger charge is 2.32. The van der Waals surface area contributed by atoms with E-state index in [1.807, 2.05) is 0 Å². The summed E-state index contributed by atoms with van der Waals surface area (Å²) in [6, 6.07) is 6.51. The Morgan fingerprint density at radius 1 is 0.900 bits per heavy atom. The van der Waals surface area contributed by atoms with Crippen molar-refractivity contribution < 1.29 is 26.7 Å². The molecule has 0 saturated heterocycles. The molecule has 0 aliphatic heterocycles. The minimum Gasteiger partial charge on any atom is -0.405 e. The minimum atomic E-state index is -4.90. The van der Waals surface area contributed by atoms with Crippen molar-refractivity contribution in [3.63, 3.8) is 0 Å². The van der Waals surface area contributed by atoms with Crippen molar-refractivity contribution in [3.05, 3.63) is 48.0 Å². The molecule has 0 aromatic heterocycles. The van der Waals surface area contributed by atoms with Crippen LogP contribution in [-0.4, -0.2) is 6.36 Å². The summed E-state index contributed by atoms with van der Waals surface area (Å²) in [6.45, 7) is 0. The van der Waals surface area contributed by atoms with Crippen LogP contribution in [0.15, 0.2) is 36.4 Å². The minimum absolute atomic E-state index is 0.0799. The molecule has 106 valence electrons.